The van der Waals surface area contributed by atoms with Crippen LogP contribution in [-0.2, 0) is 16.9 Å². The normalized spacial score (nSPS) is 31.5. The molecule has 154 valence electrons. The number of nitrogens with zero attached hydrogens (tertiary/aromatic N) is 5. The van der Waals surface area contributed by atoms with E-state index in [9.17, 15) is 9.90 Å². The van der Waals surface area contributed by atoms with Crippen LogP contribution < -0.4 is 0 Å². The summed E-state index contributed by atoms with van der Waals surface area (Å²) in [5.41, 5.74) is -0.0717. The Bertz CT molecular complexity index is 711. The summed E-state index contributed by atoms with van der Waals surface area (Å²) in [6.07, 6.45) is 10.7. The van der Waals surface area contributed by atoms with Crippen LogP contribution in [-0.4, -0.2) is 68.5 Å². The maximum atomic E-state index is 12.8. The number of aliphatic hydroxyl groups is 1. The molecule has 1 N–H and O–H groups in total. The van der Waals surface area contributed by atoms with Gasteiger partial charge in [-0.15, -0.1) is 11.7 Å². The molecule has 3 saturated heterocycles. The standard InChI is InChI=1S/C21H33N5O2/c1-3-10-24(2)20(27)18-14-25-11-7-16(18)12-17(25)13-26-15-19(22-23-26)21(28)8-5-4-6-9-21/h3,15-18,28H,1,4-14H2,2H3/t16-,17+,18-/m0/s1. The third-order valence-electron chi connectivity index (χ3n) is 7.07. The largest absolute Gasteiger partial charge is 0.383 e. The molecule has 3 aliphatic heterocycles. The van der Waals surface area contributed by atoms with E-state index < -0.39 is 5.60 Å². The fourth-order valence-electron chi connectivity index (χ4n) is 5.38. The molecule has 1 unspecified atom stereocenters. The van der Waals surface area contributed by atoms with E-state index in [1.54, 1.807) is 11.0 Å². The Hall–Kier alpha value is -1.73. The van der Waals surface area contributed by atoms with Crippen LogP contribution in [0.2, 0.25) is 0 Å². The lowest BCUT2D eigenvalue weighted by atomic mass is 9.75. The second-order valence-corrected chi connectivity index (χ2v) is 8.97. The number of aromatic nitrogens is 3. The summed E-state index contributed by atoms with van der Waals surface area (Å²) in [5.74, 6) is 0.792. The van der Waals surface area contributed by atoms with Crippen LogP contribution in [0.1, 0.15) is 50.6 Å². The van der Waals surface area contributed by atoms with E-state index in [0.29, 0.717) is 18.5 Å². The van der Waals surface area contributed by atoms with E-state index in [4.69, 9.17) is 0 Å². The summed E-state index contributed by atoms with van der Waals surface area (Å²) in [4.78, 5) is 17.0. The first kappa shape index (κ1) is 19.6. The zero-order chi connectivity index (χ0) is 19.7. The Morgan fingerprint density at radius 2 is 2.21 bits per heavy atom. The van der Waals surface area contributed by atoms with Crippen LogP contribution in [0.25, 0.3) is 0 Å². The van der Waals surface area contributed by atoms with Gasteiger partial charge in [-0.05, 0) is 38.1 Å². The van der Waals surface area contributed by atoms with E-state index >= 15 is 0 Å². The van der Waals surface area contributed by atoms with Crippen LogP contribution in [0, 0.1) is 11.8 Å². The van der Waals surface area contributed by atoms with Crippen molar-refractivity contribution in [2.24, 2.45) is 11.8 Å². The van der Waals surface area contributed by atoms with Crippen molar-refractivity contribution in [2.75, 3.05) is 26.7 Å². The number of rotatable bonds is 6. The van der Waals surface area contributed by atoms with Gasteiger partial charge in [0.25, 0.3) is 0 Å². The second kappa shape index (κ2) is 7.95. The molecule has 0 radical (unpaired) electrons. The Labute approximate surface area is 167 Å². The fraction of sp³-hybridized carbons (Fsp3) is 0.762. The minimum atomic E-state index is -0.796. The van der Waals surface area contributed by atoms with E-state index in [-0.39, 0.29) is 11.8 Å². The predicted molar refractivity (Wildman–Crippen MR) is 106 cm³/mol. The molecular weight excluding hydrogens is 354 g/mol. The average Bonchev–Trinajstić information content (AvgIpc) is 3.18. The first-order chi connectivity index (χ1) is 13.5. The third kappa shape index (κ3) is 3.74. The Morgan fingerprint density at radius 1 is 1.43 bits per heavy atom. The van der Waals surface area contributed by atoms with Crippen molar-refractivity contribution in [3.8, 4) is 0 Å². The first-order valence-corrected chi connectivity index (χ1v) is 10.7. The van der Waals surface area contributed by atoms with Crippen LogP contribution in [0.3, 0.4) is 0 Å². The highest BCUT2D eigenvalue weighted by atomic mass is 16.3. The quantitative estimate of drug-likeness (QED) is 0.753. The maximum absolute atomic E-state index is 12.8. The van der Waals surface area contributed by atoms with Crippen molar-refractivity contribution < 1.29 is 9.90 Å². The van der Waals surface area contributed by atoms with Crippen molar-refractivity contribution in [1.29, 1.82) is 0 Å². The highest BCUT2D eigenvalue weighted by molar-refractivity contribution is 5.79. The van der Waals surface area contributed by atoms with Gasteiger partial charge in [-0.2, -0.15) is 0 Å². The molecule has 7 nitrogen and oxygen atoms in total. The lowest BCUT2D eigenvalue weighted by Gasteiger charge is -2.49. The third-order valence-corrected chi connectivity index (χ3v) is 7.07. The van der Waals surface area contributed by atoms with Gasteiger partial charge in [0, 0.05) is 26.2 Å². The first-order valence-electron chi connectivity index (χ1n) is 10.7. The molecule has 5 rings (SSSR count). The molecule has 4 heterocycles. The lowest BCUT2D eigenvalue weighted by Crippen LogP contribution is -2.58. The topological polar surface area (TPSA) is 74.5 Å². The summed E-state index contributed by atoms with van der Waals surface area (Å²) in [6.45, 7) is 7.01. The van der Waals surface area contributed by atoms with Gasteiger partial charge in [0.1, 0.15) is 11.3 Å². The maximum Gasteiger partial charge on any atom is 0.227 e. The SMILES string of the molecule is C=CCN(C)C(=O)[C@H]1CN2CC[C@H]1C[C@@H]2Cn1cc(C2(O)CCCCC2)nn1. The van der Waals surface area contributed by atoms with Crippen molar-refractivity contribution in [1.82, 2.24) is 24.8 Å². The van der Waals surface area contributed by atoms with Crippen molar-refractivity contribution in [3.63, 3.8) is 0 Å². The van der Waals surface area contributed by atoms with E-state index in [0.717, 1.165) is 63.9 Å². The van der Waals surface area contributed by atoms with E-state index in [1.807, 2.05) is 17.9 Å². The number of carbonyl (C=O) groups excluding carboxylic acids is 1. The molecule has 28 heavy (non-hydrogen) atoms. The molecule has 7 heteroatoms. The zero-order valence-electron chi connectivity index (χ0n) is 17.0. The molecule has 2 bridgehead atoms. The molecular formula is C21H33N5O2. The Morgan fingerprint density at radius 3 is 2.89 bits per heavy atom. The molecule has 1 amide bonds. The number of fused-ring (bicyclic) bond motifs is 3. The molecule has 1 aromatic rings. The smallest absolute Gasteiger partial charge is 0.227 e. The van der Waals surface area contributed by atoms with Gasteiger partial charge in [0.15, 0.2) is 0 Å². The van der Waals surface area contributed by atoms with Gasteiger partial charge in [0.2, 0.25) is 5.91 Å². The number of hydrogen-bond acceptors (Lipinski definition) is 5. The molecule has 1 saturated carbocycles. The van der Waals surface area contributed by atoms with Crippen molar-refractivity contribution in [2.45, 2.75) is 63.1 Å². The number of carbonyl (C=O) groups is 1. The number of piperidine rings is 3. The summed E-state index contributed by atoms with van der Waals surface area (Å²) in [7, 11) is 1.87. The monoisotopic (exact) mass is 387 g/mol. The minimum absolute atomic E-state index is 0.101. The van der Waals surface area contributed by atoms with Crippen molar-refractivity contribution in [3.05, 3.63) is 24.5 Å². The van der Waals surface area contributed by atoms with Crippen LogP contribution >= 0.6 is 0 Å². The summed E-state index contributed by atoms with van der Waals surface area (Å²) in [6, 6.07) is 0.392. The lowest BCUT2D eigenvalue weighted by molar-refractivity contribution is -0.142. The van der Waals surface area contributed by atoms with Gasteiger partial charge >= 0.3 is 0 Å². The van der Waals surface area contributed by atoms with Gasteiger partial charge in [0.05, 0.1) is 18.7 Å². The van der Waals surface area contributed by atoms with Gasteiger partial charge in [-0.1, -0.05) is 30.6 Å². The van der Waals surface area contributed by atoms with Crippen LogP contribution in [0.5, 0.6) is 0 Å². The van der Waals surface area contributed by atoms with Gasteiger partial charge in [-0.25, -0.2) is 0 Å². The Balaban J connectivity index is 1.39. The minimum Gasteiger partial charge on any atom is -0.383 e. The highest BCUT2D eigenvalue weighted by Gasteiger charge is 2.44. The summed E-state index contributed by atoms with van der Waals surface area (Å²) < 4.78 is 1.90. The van der Waals surface area contributed by atoms with Gasteiger partial charge in [-0.3, -0.25) is 14.4 Å². The molecule has 1 aromatic heterocycles. The number of hydrogen-bond donors (Lipinski definition) is 1. The number of amides is 1. The van der Waals surface area contributed by atoms with E-state index in [2.05, 4.69) is 21.8 Å². The molecule has 4 atom stereocenters. The van der Waals surface area contributed by atoms with Crippen LogP contribution in [0.4, 0.5) is 0 Å². The molecule has 4 aliphatic rings. The molecule has 4 fully saturated rings. The van der Waals surface area contributed by atoms with Crippen molar-refractivity contribution >= 4 is 5.91 Å². The second-order valence-electron chi connectivity index (χ2n) is 8.97. The fourth-order valence-corrected chi connectivity index (χ4v) is 5.38. The predicted octanol–water partition coefficient (Wildman–Crippen LogP) is 1.78. The summed E-state index contributed by atoms with van der Waals surface area (Å²) in [5, 5.41) is 19.5. The average molecular weight is 388 g/mol. The molecule has 0 aromatic carbocycles. The van der Waals surface area contributed by atoms with Crippen LogP contribution in [0.15, 0.2) is 18.9 Å². The molecule has 1 aliphatic carbocycles. The van der Waals surface area contributed by atoms with Gasteiger partial charge < -0.3 is 10.0 Å². The number of likely N-dealkylation sites (N-methyl/N-ethyl adjacent to an activating group) is 1. The van der Waals surface area contributed by atoms with E-state index in [1.165, 1.54) is 6.42 Å². The summed E-state index contributed by atoms with van der Waals surface area (Å²) >= 11 is 0. The molecule has 0 spiro atoms. The zero-order valence-corrected chi connectivity index (χ0v) is 17.0. The highest BCUT2D eigenvalue weighted by Crippen LogP contribution is 2.38. The Kier molecular flexibility index (Phi) is 5.56.